The molecule has 0 saturated carbocycles. The largest absolute Gasteiger partial charge is 0.319 e. The van der Waals surface area contributed by atoms with Crippen molar-refractivity contribution in [3.8, 4) is 17.1 Å². The number of nitrogens with one attached hydrogen (secondary N) is 1. The van der Waals surface area contributed by atoms with Gasteiger partial charge in [-0.1, -0.05) is 40.9 Å². The average molecular weight is 476 g/mol. The van der Waals surface area contributed by atoms with Gasteiger partial charge < -0.3 is 5.32 Å². The molecule has 0 bridgehead atoms. The molecule has 3 aromatic carbocycles. The summed E-state index contributed by atoms with van der Waals surface area (Å²) in [6.07, 6.45) is 0. The van der Waals surface area contributed by atoms with E-state index in [9.17, 15) is 9.18 Å². The summed E-state index contributed by atoms with van der Waals surface area (Å²) >= 11 is 18.3. The molecule has 0 fully saturated rings. The van der Waals surface area contributed by atoms with Crippen LogP contribution in [0.25, 0.3) is 17.1 Å². The van der Waals surface area contributed by atoms with E-state index in [1.807, 2.05) is 0 Å². The molecule has 1 aromatic heterocycles. The topological polar surface area (TPSA) is 59.8 Å². The number of hydrogen-bond donors (Lipinski definition) is 1. The van der Waals surface area contributed by atoms with E-state index in [4.69, 9.17) is 34.8 Å². The third-order valence-corrected chi connectivity index (χ3v) is 5.72. The summed E-state index contributed by atoms with van der Waals surface area (Å²) < 4.78 is 14.9. The first-order valence-corrected chi connectivity index (χ1v) is 10.2. The lowest BCUT2D eigenvalue weighted by Crippen LogP contribution is -2.15. The molecule has 0 atom stereocenters. The van der Waals surface area contributed by atoms with E-state index in [0.717, 1.165) is 5.56 Å². The molecule has 1 heterocycles. The monoisotopic (exact) mass is 474 g/mol. The van der Waals surface area contributed by atoms with Crippen LogP contribution >= 0.6 is 34.8 Å². The van der Waals surface area contributed by atoms with Crippen LogP contribution in [0.4, 0.5) is 10.1 Å². The quantitative estimate of drug-likeness (QED) is 0.362. The van der Waals surface area contributed by atoms with Crippen LogP contribution in [0.3, 0.4) is 0 Å². The molecule has 4 aromatic rings. The Bertz CT molecular complexity index is 1290. The Hall–Kier alpha value is -2.93. The average Bonchev–Trinajstić information content (AvgIpc) is 3.19. The van der Waals surface area contributed by atoms with E-state index in [0.29, 0.717) is 37.8 Å². The van der Waals surface area contributed by atoms with Crippen molar-refractivity contribution in [2.24, 2.45) is 0 Å². The maximum absolute atomic E-state index is 13.4. The molecule has 0 unspecified atom stereocenters. The summed E-state index contributed by atoms with van der Waals surface area (Å²) in [6.45, 7) is 1.80. The van der Waals surface area contributed by atoms with Gasteiger partial charge in [-0.3, -0.25) is 4.79 Å². The van der Waals surface area contributed by atoms with Gasteiger partial charge >= 0.3 is 0 Å². The second kappa shape index (κ2) is 8.67. The van der Waals surface area contributed by atoms with Crippen molar-refractivity contribution in [1.82, 2.24) is 14.8 Å². The normalized spacial score (nSPS) is 10.9. The van der Waals surface area contributed by atoms with Gasteiger partial charge in [0.15, 0.2) is 5.82 Å². The van der Waals surface area contributed by atoms with Crippen LogP contribution in [-0.4, -0.2) is 20.7 Å². The SMILES string of the molecule is Cc1c(Cl)cccc1NC(=O)c1nc(-c2ccc(F)cc2)n(-c2ccc(Cl)c(Cl)c2)n1. The maximum Gasteiger partial charge on any atom is 0.295 e. The molecular formula is C22H14Cl3FN4O. The van der Waals surface area contributed by atoms with Crippen molar-refractivity contribution in [2.45, 2.75) is 6.92 Å². The molecule has 9 heteroatoms. The molecule has 0 spiro atoms. The first-order valence-electron chi connectivity index (χ1n) is 9.08. The Balaban J connectivity index is 1.78. The molecular weight excluding hydrogens is 462 g/mol. The number of anilines is 1. The number of aromatic nitrogens is 3. The van der Waals surface area contributed by atoms with Gasteiger partial charge in [0.2, 0.25) is 5.82 Å². The number of carbonyl (C=O) groups excluding carboxylic acids is 1. The van der Waals surface area contributed by atoms with Gasteiger partial charge in [0.1, 0.15) is 5.82 Å². The number of benzene rings is 3. The summed E-state index contributed by atoms with van der Waals surface area (Å²) in [5.74, 6) is -0.651. The maximum atomic E-state index is 13.4. The second-order valence-electron chi connectivity index (χ2n) is 6.64. The van der Waals surface area contributed by atoms with Crippen molar-refractivity contribution in [2.75, 3.05) is 5.32 Å². The van der Waals surface area contributed by atoms with Crippen molar-refractivity contribution in [1.29, 1.82) is 0 Å². The summed E-state index contributed by atoms with van der Waals surface area (Å²) in [7, 11) is 0. The molecule has 0 aliphatic carbocycles. The number of nitrogens with zero attached hydrogens (tertiary/aromatic N) is 3. The van der Waals surface area contributed by atoms with Crippen molar-refractivity contribution in [3.05, 3.63) is 92.9 Å². The first-order chi connectivity index (χ1) is 14.8. The molecule has 4 rings (SSSR count). The van der Waals surface area contributed by atoms with Crippen LogP contribution in [0.5, 0.6) is 0 Å². The predicted molar refractivity (Wildman–Crippen MR) is 121 cm³/mol. The van der Waals surface area contributed by atoms with Gasteiger partial charge in [0.05, 0.1) is 15.7 Å². The fourth-order valence-electron chi connectivity index (χ4n) is 2.91. The van der Waals surface area contributed by atoms with Crippen molar-refractivity contribution in [3.63, 3.8) is 0 Å². The summed E-state index contributed by atoms with van der Waals surface area (Å²) in [4.78, 5) is 17.3. The highest BCUT2D eigenvalue weighted by Crippen LogP contribution is 2.28. The predicted octanol–water partition coefficient (Wildman–Crippen LogP) is 6.59. The molecule has 0 saturated heterocycles. The molecule has 0 radical (unpaired) electrons. The van der Waals surface area contributed by atoms with Crippen molar-refractivity contribution >= 4 is 46.4 Å². The number of halogens is 4. The number of carbonyl (C=O) groups is 1. The lowest BCUT2D eigenvalue weighted by Gasteiger charge is -2.07. The highest BCUT2D eigenvalue weighted by molar-refractivity contribution is 6.42. The van der Waals surface area contributed by atoms with E-state index < -0.39 is 11.7 Å². The number of hydrogen-bond acceptors (Lipinski definition) is 3. The van der Waals surface area contributed by atoms with Crippen LogP contribution in [-0.2, 0) is 0 Å². The van der Waals surface area contributed by atoms with Gasteiger partial charge in [-0.2, -0.15) is 0 Å². The van der Waals surface area contributed by atoms with E-state index in [1.165, 1.54) is 16.8 Å². The van der Waals surface area contributed by atoms with Gasteiger partial charge in [-0.05, 0) is 67.1 Å². The number of amides is 1. The summed E-state index contributed by atoms with van der Waals surface area (Å²) in [5, 5.41) is 8.36. The highest BCUT2D eigenvalue weighted by atomic mass is 35.5. The Morgan fingerprint density at radius 2 is 1.71 bits per heavy atom. The zero-order chi connectivity index (χ0) is 22.1. The minimum Gasteiger partial charge on any atom is -0.319 e. The van der Waals surface area contributed by atoms with Gasteiger partial charge in [0.25, 0.3) is 5.91 Å². The lowest BCUT2D eigenvalue weighted by atomic mass is 10.2. The standard InChI is InChI=1S/C22H14Cl3FN4O/c1-12-16(23)3-2-4-19(12)27-22(31)20-28-21(13-5-7-14(26)8-6-13)30(29-20)15-9-10-17(24)18(25)11-15/h2-11H,1H3,(H,27,31). The second-order valence-corrected chi connectivity index (χ2v) is 7.86. The Kier molecular flexibility index (Phi) is 5.96. The Labute approximate surface area is 192 Å². The van der Waals surface area contributed by atoms with E-state index in [2.05, 4.69) is 15.4 Å². The van der Waals surface area contributed by atoms with Crippen molar-refractivity contribution < 1.29 is 9.18 Å². The third-order valence-electron chi connectivity index (χ3n) is 4.58. The van der Waals surface area contributed by atoms with Crippen LogP contribution in [0, 0.1) is 12.7 Å². The smallest absolute Gasteiger partial charge is 0.295 e. The molecule has 0 aliphatic heterocycles. The summed E-state index contributed by atoms with van der Waals surface area (Å²) in [6, 6.07) is 15.8. The van der Waals surface area contributed by atoms with Crippen LogP contribution in [0.2, 0.25) is 15.1 Å². The van der Waals surface area contributed by atoms with E-state index >= 15 is 0 Å². The molecule has 1 amide bonds. The zero-order valence-electron chi connectivity index (χ0n) is 16.0. The van der Waals surface area contributed by atoms with Gasteiger partial charge in [0, 0.05) is 16.3 Å². The van der Waals surface area contributed by atoms with Crippen LogP contribution in [0.15, 0.2) is 60.7 Å². The van der Waals surface area contributed by atoms with Crippen LogP contribution in [0.1, 0.15) is 16.2 Å². The molecule has 0 aliphatic rings. The van der Waals surface area contributed by atoms with Gasteiger partial charge in [-0.15, -0.1) is 5.10 Å². The minimum atomic E-state index is -0.521. The first kappa shape index (κ1) is 21.3. The Morgan fingerprint density at radius 3 is 2.42 bits per heavy atom. The third kappa shape index (κ3) is 4.42. The molecule has 1 N–H and O–H groups in total. The number of rotatable bonds is 4. The fraction of sp³-hybridized carbons (Fsp3) is 0.0455. The molecule has 156 valence electrons. The van der Waals surface area contributed by atoms with E-state index in [1.54, 1.807) is 55.5 Å². The molecule has 5 nitrogen and oxygen atoms in total. The van der Waals surface area contributed by atoms with Crippen LogP contribution < -0.4 is 5.32 Å². The zero-order valence-corrected chi connectivity index (χ0v) is 18.3. The highest BCUT2D eigenvalue weighted by Gasteiger charge is 2.20. The fourth-order valence-corrected chi connectivity index (χ4v) is 3.38. The van der Waals surface area contributed by atoms with E-state index in [-0.39, 0.29) is 5.82 Å². The minimum absolute atomic E-state index is 0.0789. The lowest BCUT2D eigenvalue weighted by molar-refractivity contribution is 0.101. The molecule has 31 heavy (non-hydrogen) atoms. The Morgan fingerprint density at radius 1 is 0.968 bits per heavy atom. The summed E-state index contributed by atoms with van der Waals surface area (Å²) in [5.41, 5.74) is 2.38. The van der Waals surface area contributed by atoms with Gasteiger partial charge in [-0.25, -0.2) is 14.1 Å².